The Hall–Kier alpha value is -3.77. The predicted molar refractivity (Wildman–Crippen MR) is 143 cm³/mol. The fourth-order valence-electron chi connectivity index (χ4n) is 5.59. The molecule has 1 aliphatic carbocycles. The van der Waals surface area contributed by atoms with Crippen LogP contribution in [0.5, 0.6) is 0 Å². The van der Waals surface area contributed by atoms with Gasteiger partial charge in [0.15, 0.2) is 0 Å². The summed E-state index contributed by atoms with van der Waals surface area (Å²) < 4.78 is 0. The highest BCUT2D eigenvalue weighted by Crippen LogP contribution is 2.44. The summed E-state index contributed by atoms with van der Waals surface area (Å²) in [5.74, 6) is 6.31. The average Bonchev–Trinajstić information content (AvgIpc) is 3.21. The third kappa shape index (κ3) is 5.20. The second-order valence-corrected chi connectivity index (χ2v) is 10.8. The molecule has 196 valence electrons. The van der Waals surface area contributed by atoms with Crippen molar-refractivity contribution in [2.24, 2.45) is 5.41 Å². The van der Waals surface area contributed by atoms with E-state index in [0.29, 0.717) is 34.7 Å². The summed E-state index contributed by atoms with van der Waals surface area (Å²) in [4.78, 5) is 29.6. The first-order chi connectivity index (χ1) is 17.6. The van der Waals surface area contributed by atoms with E-state index < -0.39 is 17.0 Å². The summed E-state index contributed by atoms with van der Waals surface area (Å²) in [6, 6.07) is 7.52. The number of anilines is 3. The third-order valence-corrected chi connectivity index (χ3v) is 7.41. The first-order valence-corrected chi connectivity index (χ1v) is 12.6. The number of hydrogen-bond acceptors (Lipinski definition) is 6. The van der Waals surface area contributed by atoms with Crippen molar-refractivity contribution in [2.75, 3.05) is 17.2 Å². The largest absolute Gasteiger partial charge is 0.465 e. The van der Waals surface area contributed by atoms with Crippen LogP contribution >= 0.6 is 0 Å². The fraction of sp³-hybridized carbons (Fsp3) is 0.464. The molecule has 2 amide bonds. The molecule has 0 saturated heterocycles. The number of aryl methyl sites for hydroxylation is 1. The molecule has 0 bridgehead atoms. The molecule has 2 aliphatic rings. The van der Waals surface area contributed by atoms with Gasteiger partial charge in [0.2, 0.25) is 0 Å². The van der Waals surface area contributed by atoms with Crippen molar-refractivity contribution >= 4 is 29.3 Å². The van der Waals surface area contributed by atoms with Crippen molar-refractivity contribution in [3.05, 3.63) is 46.5 Å². The number of amides is 2. The van der Waals surface area contributed by atoms with Crippen LogP contribution < -0.4 is 21.3 Å². The Morgan fingerprint density at radius 2 is 2.05 bits per heavy atom. The molecule has 9 heteroatoms. The van der Waals surface area contributed by atoms with Gasteiger partial charge in [0, 0.05) is 17.8 Å². The first kappa shape index (κ1) is 26.3. The number of aliphatic hydroxyl groups is 1. The SMILES string of the molecule is Cc1cccc(Nc2nc(NC3CCCCC3(NC(=O)O)C(C)(C)C)c(C#CCO)c3c2C(=O)NC3)c1. The zero-order valence-electron chi connectivity index (χ0n) is 21.8. The van der Waals surface area contributed by atoms with E-state index in [-0.39, 0.29) is 25.1 Å². The van der Waals surface area contributed by atoms with Crippen LogP contribution in [0.1, 0.15) is 73.5 Å². The molecule has 1 saturated carbocycles. The van der Waals surface area contributed by atoms with Crippen LogP contribution in [0.3, 0.4) is 0 Å². The van der Waals surface area contributed by atoms with Crippen LogP contribution in [-0.4, -0.2) is 45.4 Å². The molecule has 9 nitrogen and oxygen atoms in total. The normalized spacial score (nSPS) is 20.8. The number of hydrogen-bond donors (Lipinski definition) is 6. The number of carbonyl (C=O) groups excluding carboxylic acids is 1. The summed E-state index contributed by atoms with van der Waals surface area (Å²) in [5.41, 5.74) is 2.36. The lowest BCUT2D eigenvalue weighted by Crippen LogP contribution is -2.67. The van der Waals surface area contributed by atoms with Gasteiger partial charge in [-0.15, -0.1) is 0 Å². The number of nitrogens with one attached hydrogen (secondary N) is 4. The van der Waals surface area contributed by atoms with Crippen LogP contribution in [0.25, 0.3) is 0 Å². The Balaban J connectivity index is 1.86. The van der Waals surface area contributed by atoms with Crippen molar-refractivity contribution in [2.45, 2.75) is 71.5 Å². The molecule has 1 aromatic carbocycles. The number of pyridine rings is 1. The van der Waals surface area contributed by atoms with Gasteiger partial charge in [-0.3, -0.25) is 4.79 Å². The van der Waals surface area contributed by atoms with Gasteiger partial charge >= 0.3 is 6.09 Å². The number of fused-ring (bicyclic) bond motifs is 1. The zero-order chi connectivity index (χ0) is 26.8. The topological polar surface area (TPSA) is 136 Å². The van der Waals surface area contributed by atoms with Gasteiger partial charge in [-0.1, -0.05) is 57.6 Å². The Labute approximate surface area is 217 Å². The van der Waals surface area contributed by atoms with Crippen molar-refractivity contribution in [1.29, 1.82) is 0 Å². The summed E-state index contributed by atoms with van der Waals surface area (Å²) in [6.07, 6.45) is 2.19. The molecular formula is C28H35N5O4. The van der Waals surface area contributed by atoms with Crippen molar-refractivity contribution in [1.82, 2.24) is 15.6 Å². The smallest absolute Gasteiger partial charge is 0.405 e. The maximum absolute atomic E-state index is 12.8. The Bertz CT molecular complexity index is 1270. The lowest BCUT2D eigenvalue weighted by molar-refractivity contribution is 0.0720. The molecule has 2 atom stereocenters. The highest BCUT2D eigenvalue weighted by atomic mass is 16.4. The van der Waals surface area contributed by atoms with Crippen LogP contribution in [0, 0.1) is 24.2 Å². The minimum absolute atomic E-state index is 0.245. The van der Waals surface area contributed by atoms with E-state index >= 15 is 0 Å². The molecule has 0 radical (unpaired) electrons. The van der Waals surface area contributed by atoms with Crippen molar-refractivity contribution in [3.63, 3.8) is 0 Å². The highest BCUT2D eigenvalue weighted by molar-refractivity contribution is 6.04. The lowest BCUT2D eigenvalue weighted by Gasteiger charge is -2.52. The second kappa shape index (κ2) is 10.3. The van der Waals surface area contributed by atoms with E-state index in [9.17, 15) is 19.8 Å². The van der Waals surface area contributed by atoms with E-state index in [1.165, 1.54) is 0 Å². The quantitative estimate of drug-likeness (QED) is 0.336. The van der Waals surface area contributed by atoms with Crippen molar-refractivity contribution < 1.29 is 19.8 Å². The molecular weight excluding hydrogens is 470 g/mol. The van der Waals surface area contributed by atoms with Crippen LogP contribution in [0.2, 0.25) is 0 Å². The number of benzene rings is 1. The monoisotopic (exact) mass is 505 g/mol. The number of carbonyl (C=O) groups is 2. The summed E-state index contributed by atoms with van der Waals surface area (Å²) >= 11 is 0. The molecule has 37 heavy (non-hydrogen) atoms. The van der Waals surface area contributed by atoms with Crippen LogP contribution in [-0.2, 0) is 6.54 Å². The molecule has 2 unspecified atom stereocenters. The van der Waals surface area contributed by atoms with Gasteiger partial charge in [0.1, 0.15) is 18.2 Å². The Morgan fingerprint density at radius 1 is 1.27 bits per heavy atom. The average molecular weight is 506 g/mol. The molecule has 4 rings (SSSR count). The molecule has 1 aliphatic heterocycles. The standard InChI is InChI=1S/C28H35N5O4/c1-17-9-7-10-18(15-17)30-24-22-20(16-29-25(22)35)19(11-8-14-34)23(32-24)31-21-12-5-6-13-28(21,27(2,3)4)33-26(36)37/h7,9-10,15,21,33-34H,5-6,12-14,16H2,1-4H3,(H,29,35)(H,36,37)(H2,30,31,32). The summed E-state index contributed by atoms with van der Waals surface area (Å²) in [7, 11) is 0. The van der Waals surface area contributed by atoms with Gasteiger partial charge in [-0.25, -0.2) is 9.78 Å². The van der Waals surface area contributed by atoms with Gasteiger partial charge in [-0.05, 0) is 42.9 Å². The van der Waals surface area contributed by atoms with Crippen LogP contribution in [0.4, 0.5) is 22.1 Å². The van der Waals surface area contributed by atoms with E-state index in [1.54, 1.807) is 0 Å². The van der Waals surface area contributed by atoms with Gasteiger partial charge in [0.25, 0.3) is 5.91 Å². The number of rotatable bonds is 5. The molecule has 6 N–H and O–H groups in total. The number of nitrogens with zero attached hydrogens (tertiary/aromatic N) is 1. The van der Waals surface area contributed by atoms with Gasteiger partial charge in [0.05, 0.1) is 22.7 Å². The van der Waals surface area contributed by atoms with Gasteiger partial charge in [-0.2, -0.15) is 0 Å². The number of carboxylic acid groups (broad SMARTS) is 1. The molecule has 1 aromatic heterocycles. The lowest BCUT2D eigenvalue weighted by atomic mass is 9.62. The van der Waals surface area contributed by atoms with Gasteiger partial charge < -0.3 is 31.5 Å². The molecule has 0 spiro atoms. The minimum atomic E-state index is -1.07. The van der Waals surface area contributed by atoms with E-state index in [0.717, 1.165) is 30.5 Å². The predicted octanol–water partition coefficient (Wildman–Crippen LogP) is 4.13. The second-order valence-electron chi connectivity index (χ2n) is 10.8. The van der Waals surface area contributed by atoms with Crippen LogP contribution in [0.15, 0.2) is 24.3 Å². The fourth-order valence-corrected chi connectivity index (χ4v) is 5.59. The Kier molecular flexibility index (Phi) is 7.32. The van der Waals surface area contributed by atoms with E-state index in [1.807, 2.05) is 52.0 Å². The first-order valence-electron chi connectivity index (χ1n) is 12.6. The number of aliphatic hydroxyl groups excluding tert-OH is 1. The maximum atomic E-state index is 12.8. The Morgan fingerprint density at radius 3 is 2.73 bits per heavy atom. The maximum Gasteiger partial charge on any atom is 0.405 e. The molecule has 1 fully saturated rings. The molecule has 2 heterocycles. The highest BCUT2D eigenvalue weighted by Gasteiger charge is 2.51. The minimum Gasteiger partial charge on any atom is -0.465 e. The number of aromatic nitrogens is 1. The van der Waals surface area contributed by atoms with Crippen molar-refractivity contribution in [3.8, 4) is 11.8 Å². The van der Waals surface area contributed by atoms with E-state index in [2.05, 4.69) is 33.1 Å². The van der Waals surface area contributed by atoms with E-state index in [4.69, 9.17) is 4.98 Å². The zero-order valence-corrected chi connectivity index (χ0v) is 21.8. The third-order valence-electron chi connectivity index (χ3n) is 7.41. The molecule has 2 aromatic rings. The summed E-state index contributed by atoms with van der Waals surface area (Å²) in [6.45, 7) is 8.05. The summed E-state index contributed by atoms with van der Waals surface area (Å²) in [5, 5.41) is 31.8.